The van der Waals surface area contributed by atoms with Crippen molar-refractivity contribution in [2.24, 2.45) is 0 Å². The fourth-order valence-electron chi connectivity index (χ4n) is 4.49. The summed E-state index contributed by atoms with van der Waals surface area (Å²) in [6.45, 7) is 5.09. The first-order chi connectivity index (χ1) is 18.7. The van der Waals surface area contributed by atoms with Gasteiger partial charge in [0.1, 0.15) is 5.56 Å². The molecule has 0 aliphatic carbocycles. The Morgan fingerprint density at radius 3 is 1.51 bits per heavy atom. The third kappa shape index (κ3) is 4.92. The molecular formula is C28H25N5O6. The number of nitrogens with zero attached hydrogens (tertiary/aromatic N) is 2. The number of amides is 3. The number of anilines is 3. The van der Waals surface area contributed by atoms with Crippen LogP contribution >= 0.6 is 0 Å². The van der Waals surface area contributed by atoms with Gasteiger partial charge in [0.05, 0.1) is 11.4 Å². The number of aromatic nitrogens is 2. The molecule has 0 saturated heterocycles. The van der Waals surface area contributed by atoms with Gasteiger partial charge in [0.2, 0.25) is 25.1 Å². The fraction of sp³-hybridized carbons (Fsp3) is 0.107. The minimum absolute atomic E-state index is 0.131. The lowest BCUT2D eigenvalue weighted by Crippen LogP contribution is -2.39. The first-order valence-electron chi connectivity index (χ1n) is 11.8. The van der Waals surface area contributed by atoms with Crippen molar-refractivity contribution < 1.29 is 19.5 Å². The van der Waals surface area contributed by atoms with Crippen LogP contribution < -0.4 is 27.2 Å². The number of carbonyl (C=O) groups is 3. The number of hydrogen-bond donors (Lipinski definition) is 4. The van der Waals surface area contributed by atoms with Crippen LogP contribution in [-0.4, -0.2) is 33.5 Å². The smallest absolute Gasteiger partial charge is 0.343 e. The SMILES string of the molecule is Cc1cc(NC=O)ccc1-c1c(O)n(-c2ccc(NC=O)cc2C)c(=O)n(-c2ccc(NC=O)cc2C)c1=O. The number of nitrogens with one attached hydrogen (secondary N) is 3. The number of hydrogen-bond acceptors (Lipinski definition) is 6. The molecule has 11 heteroatoms. The van der Waals surface area contributed by atoms with Crippen molar-refractivity contribution in [2.75, 3.05) is 16.0 Å². The lowest BCUT2D eigenvalue weighted by Gasteiger charge is -2.20. The molecule has 0 fully saturated rings. The van der Waals surface area contributed by atoms with E-state index in [1.807, 2.05) is 0 Å². The lowest BCUT2D eigenvalue weighted by molar-refractivity contribution is -0.106. The standard InChI is InChI=1S/C28H25N5O6/c1-16-10-19(29-13-34)4-7-22(16)25-26(37)32(23-8-5-20(30-14-35)11-17(23)2)28(39)33(27(25)38)24-9-6-21(31-15-36)12-18(24)3/h4-15,37H,1-3H3,(H,29,34)(H,30,35)(H,31,36). The molecule has 0 aliphatic heterocycles. The summed E-state index contributed by atoms with van der Waals surface area (Å²) in [7, 11) is 0. The molecule has 1 aromatic heterocycles. The number of aromatic hydroxyl groups is 1. The Labute approximate surface area is 222 Å². The Balaban J connectivity index is 2.10. The van der Waals surface area contributed by atoms with Crippen molar-refractivity contribution in [2.45, 2.75) is 20.8 Å². The Hall–Kier alpha value is -5.45. The molecular weight excluding hydrogens is 502 g/mol. The Morgan fingerprint density at radius 1 is 0.641 bits per heavy atom. The maximum atomic E-state index is 13.9. The fourth-order valence-corrected chi connectivity index (χ4v) is 4.49. The Morgan fingerprint density at radius 2 is 1.08 bits per heavy atom. The second kappa shape index (κ2) is 10.9. The molecule has 0 saturated carbocycles. The molecule has 4 rings (SSSR count). The predicted molar refractivity (Wildman–Crippen MR) is 148 cm³/mol. The molecule has 4 aromatic rings. The quantitative estimate of drug-likeness (QED) is 0.246. The first-order valence-corrected chi connectivity index (χ1v) is 11.8. The molecule has 0 bridgehead atoms. The van der Waals surface area contributed by atoms with Gasteiger partial charge in [-0.25, -0.2) is 13.9 Å². The van der Waals surface area contributed by atoms with Crippen molar-refractivity contribution in [1.29, 1.82) is 0 Å². The van der Waals surface area contributed by atoms with E-state index < -0.39 is 17.1 Å². The third-order valence-corrected chi connectivity index (χ3v) is 6.28. The zero-order valence-corrected chi connectivity index (χ0v) is 21.3. The molecule has 1 heterocycles. The summed E-state index contributed by atoms with van der Waals surface area (Å²) in [6.07, 6.45) is 1.56. The molecule has 0 aliphatic rings. The number of aryl methyl sites for hydroxylation is 3. The highest BCUT2D eigenvalue weighted by Crippen LogP contribution is 2.32. The Bertz CT molecular complexity index is 1640. The average molecular weight is 528 g/mol. The van der Waals surface area contributed by atoms with Gasteiger partial charge in [0.25, 0.3) is 5.56 Å². The maximum Gasteiger partial charge on any atom is 0.343 e. The van der Waals surface area contributed by atoms with Gasteiger partial charge < -0.3 is 21.1 Å². The highest BCUT2D eigenvalue weighted by Gasteiger charge is 2.25. The van der Waals surface area contributed by atoms with Gasteiger partial charge in [-0.15, -0.1) is 0 Å². The van der Waals surface area contributed by atoms with Gasteiger partial charge in [0, 0.05) is 17.1 Å². The third-order valence-electron chi connectivity index (χ3n) is 6.28. The van der Waals surface area contributed by atoms with Crippen molar-refractivity contribution in [3.63, 3.8) is 0 Å². The molecule has 3 aromatic carbocycles. The number of benzene rings is 3. The van der Waals surface area contributed by atoms with Gasteiger partial charge in [0.15, 0.2) is 0 Å². The summed E-state index contributed by atoms with van der Waals surface area (Å²) in [5, 5.41) is 19.1. The highest BCUT2D eigenvalue weighted by atomic mass is 16.3. The number of rotatable bonds is 9. The van der Waals surface area contributed by atoms with E-state index in [0.717, 1.165) is 9.13 Å². The zero-order chi connectivity index (χ0) is 28.3. The molecule has 11 nitrogen and oxygen atoms in total. The summed E-state index contributed by atoms with van der Waals surface area (Å²) < 4.78 is 1.99. The van der Waals surface area contributed by atoms with Crippen LogP contribution in [0.4, 0.5) is 17.1 Å². The van der Waals surface area contributed by atoms with Gasteiger partial charge in [-0.2, -0.15) is 0 Å². The van der Waals surface area contributed by atoms with E-state index >= 15 is 0 Å². The normalized spacial score (nSPS) is 10.5. The van der Waals surface area contributed by atoms with E-state index in [2.05, 4.69) is 16.0 Å². The molecule has 39 heavy (non-hydrogen) atoms. The summed E-state index contributed by atoms with van der Waals surface area (Å²) in [6, 6.07) is 14.2. The van der Waals surface area contributed by atoms with E-state index in [9.17, 15) is 29.1 Å². The minimum atomic E-state index is -0.823. The van der Waals surface area contributed by atoms with Crippen LogP contribution in [-0.2, 0) is 14.4 Å². The Kier molecular flexibility index (Phi) is 7.43. The molecule has 0 atom stereocenters. The zero-order valence-electron chi connectivity index (χ0n) is 21.3. The molecule has 0 spiro atoms. The van der Waals surface area contributed by atoms with E-state index in [-0.39, 0.29) is 16.9 Å². The van der Waals surface area contributed by atoms with Crippen molar-refractivity contribution in [3.8, 4) is 28.4 Å². The second-order valence-corrected chi connectivity index (χ2v) is 8.78. The first kappa shape index (κ1) is 26.6. The summed E-state index contributed by atoms with van der Waals surface area (Å²) >= 11 is 0. The monoisotopic (exact) mass is 527 g/mol. The van der Waals surface area contributed by atoms with Crippen LogP contribution in [0.3, 0.4) is 0 Å². The second-order valence-electron chi connectivity index (χ2n) is 8.78. The molecule has 0 radical (unpaired) electrons. The average Bonchev–Trinajstić information content (AvgIpc) is 2.88. The summed E-state index contributed by atoms with van der Waals surface area (Å²) in [5.74, 6) is -0.573. The minimum Gasteiger partial charge on any atom is -0.494 e. The van der Waals surface area contributed by atoms with E-state index in [4.69, 9.17) is 0 Å². The van der Waals surface area contributed by atoms with Crippen molar-refractivity contribution in [3.05, 3.63) is 92.1 Å². The lowest BCUT2D eigenvalue weighted by atomic mass is 10.0. The number of carbonyl (C=O) groups excluding carboxylic acids is 3. The van der Waals surface area contributed by atoms with E-state index in [1.165, 1.54) is 6.07 Å². The van der Waals surface area contributed by atoms with Crippen LogP contribution in [0, 0.1) is 20.8 Å². The molecule has 0 unspecified atom stereocenters. The van der Waals surface area contributed by atoms with Gasteiger partial charge >= 0.3 is 5.69 Å². The van der Waals surface area contributed by atoms with Crippen LogP contribution in [0.1, 0.15) is 16.7 Å². The van der Waals surface area contributed by atoms with Crippen LogP contribution in [0.5, 0.6) is 5.88 Å². The topological polar surface area (TPSA) is 152 Å². The molecule has 3 amide bonds. The molecule has 198 valence electrons. The van der Waals surface area contributed by atoms with Gasteiger partial charge in [-0.1, -0.05) is 6.07 Å². The van der Waals surface area contributed by atoms with E-state index in [1.54, 1.807) is 69.3 Å². The maximum absolute atomic E-state index is 13.9. The highest BCUT2D eigenvalue weighted by molar-refractivity contribution is 5.78. The van der Waals surface area contributed by atoms with E-state index in [0.29, 0.717) is 58.5 Å². The van der Waals surface area contributed by atoms with Crippen molar-refractivity contribution >= 4 is 36.3 Å². The summed E-state index contributed by atoms with van der Waals surface area (Å²) in [5.41, 5.74) is 2.26. The van der Waals surface area contributed by atoms with Crippen molar-refractivity contribution in [1.82, 2.24) is 9.13 Å². The predicted octanol–water partition coefficient (Wildman–Crippen LogP) is 2.99. The largest absolute Gasteiger partial charge is 0.494 e. The van der Waals surface area contributed by atoms with Crippen LogP contribution in [0.15, 0.2) is 64.2 Å². The molecule has 4 N–H and O–H groups in total. The van der Waals surface area contributed by atoms with Gasteiger partial charge in [-0.3, -0.25) is 19.2 Å². The van der Waals surface area contributed by atoms with Crippen LogP contribution in [0.25, 0.3) is 22.5 Å². The summed E-state index contributed by atoms with van der Waals surface area (Å²) in [4.78, 5) is 60.5. The van der Waals surface area contributed by atoms with Crippen LogP contribution in [0.2, 0.25) is 0 Å². The van der Waals surface area contributed by atoms with Gasteiger partial charge in [-0.05, 0) is 91.6 Å².